The molecule has 1 aromatic carbocycles. The molecule has 33 heavy (non-hydrogen) atoms. The summed E-state index contributed by atoms with van der Waals surface area (Å²) < 4.78 is 39.0. The molecule has 0 aromatic heterocycles. The average Bonchev–Trinajstić information content (AvgIpc) is 3.42. The van der Waals surface area contributed by atoms with Crippen LogP contribution in [0.3, 0.4) is 0 Å². The summed E-state index contributed by atoms with van der Waals surface area (Å²) in [5.74, 6) is 0.930. The van der Waals surface area contributed by atoms with Gasteiger partial charge in [0.05, 0.1) is 5.56 Å². The third-order valence-corrected chi connectivity index (χ3v) is 7.86. The van der Waals surface area contributed by atoms with Crippen LogP contribution in [0.1, 0.15) is 62.4 Å². The van der Waals surface area contributed by atoms with Gasteiger partial charge in [-0.25, -0.2) is 0 Å². The molecule has 2 aliphatic heterocycles. The molecule has 1 aliphatic carbocycles. The fraction of sp³-hybridized carbons (Fsp3) is 0.680. The molecule has 1 saturated carbocycles. The van der Waals surface area contributed by atoms with Crippen LogP contribution in [0.5, 0.6) is 0 Å². The number of alkyl halides is 3. The highest BCUT2D eigenvalue weighted by Gasteiger charge is 2.52. The van der Waals surface area contributed by atoms with Crippen LogP contribution in [0, 0.1) is 17.8 Å². The summed E-state index contributed by atoms with van der Waals surface area (Å²) in [6.07, 6.45) is -0.867. The van der Waals surface area contributed by atoms with E-state index in [4.69, 9.17) is 0 Å². The van der Waals surface area contributed by atoms with E-state index in [2.05, 4.69) is 31.0 Å². The van der Waals surface area contributed by atoms with Gasteiger partial charge in [-0.05, 0) is 69.1 Å². The van der Waals surface area contributed by atoms with Gasteiger partial charge in [-0.3, -0.25) is 9.59 Å². The third-order valence-electron chi connectivity index (χ3n) is 7.86. The molecule has 1 N–H and O–H groups in total. The SMILES string of the molecule is CCC[C@@H]1[C@@H]2CN(C(C)C)C[C@@H]2C[C@@H]1N1CCC(NC(=O)c2cccc(C(F)(F)F)c2)C1=O. The number of benzene rings is 1. The lowest BCUT2D eigenvalue weighted by atomic mass is 9.87. The lowest BCUT2D eigenvalue weighted by molar-refractivity contribution is -0.137. The van der Waals surface area contributed by atoms with E-state index in [0.717, 1.165) is 44.5 Å². The summed E-state index contributed by atoms with van der Waals surface area (Å²) >= 11 is 0. The van der Waals surface area contributed by atoms with Crippen molar-refractivity contribution in [3.63, 3.8) is 0 Å². The molecule has 3 aliphatic rings. The van der Waals surface area contributed by atoms with Crippen molar-refractivity contribution in [1.82, 2.24) is 15.1 Å². The van der Waals surface area contributed by atoms with Crippen molar-refractivity contribution >= 4 is 11.8 Å². The highest BCUT2D eigenvalue weighted by Crippen LogP contribution is 2.47. The fourth-order valence-corrected chi connectivity index (χ4v) is 6.20. The van der Waals surface area contributed by atoms with Gasteiger partial charge in [-0.15, -0.1) is 0 Å². The van der Waals surface area contributed by atoms with Crippen LogP contribution in [0.2, 0.25) is 0 Å². The van der Waals surface area contributed by atoms with Gasteiger partial charge < -0.3 is 15.1 Å². The van der Waals surface area contributed by atoms with Gasteiger partial charge >= 0.3 is 6.18 Å². The Kier molecular flexibility index (Phi) is 6.76. The molecule has 5 atom stereocenters. The molecule has 2 heterocycles. The van der Waals surface area contributed by atoms with E-state index in [0.29, 0.717) is 36.8 Å². The van der Waals surface area contributed by atoms with E-state index in [1.165, 1.54) is 12.1 Å². The minimum Gasteiger partial charge on any atom is -0.340 e. The van der Waals surface area contributed by atoms with Crippen LogP contribution >= 0.6 is 0 Å². The zero-order chi connectivity index (χ0) is 23.9. The number of amides is 2. The number of hydrogen-bond donors (Lipinski definition) is 1. The summed E-state index contributed by atoms with van der Waals surface area (Å²) in [4.78, 5) is 30.4. The summed E-state index contributed by atoms with van der Waals surface area (Å²) in [7, 11) is 0. The van der Waals surface area contributed by atoms with Crippen LogP contribution in [-0.4, -0.2) is 59.4 Å². The van der Waals surface area contributed by atoms with Crippen molar-refractivity contribution in [2.75, 3.05) is 19.6 Å². The Labute approximate surface area is 193 Å². The van der Waals surface area contributed by atoms with Gasteiger partial charge in [0.25, 0.3) is 5.91 Å². The number of nitrogens with zero attached hydrogens (tertiary/aromatic N) is 2. The van der Waals surface area contributed by atoms with Crippen molar-refractivity contribution in [2.45, 2.75) is 70.8 Å². The standard InChI is InChI=1S/C25H34F3N3O2/c1-4-6-19-20-14-30(15(2)3)13-17(20)12-22(19)31-10-9-21(24(31)33)29-23(32)16-7-5-8-18(11-16)25(26,27)28/h5,7-8,11,15,17,19-22H,4,6,9-10,12-14H2,1-3H3,(H,29,32)/t17-,19+,20+,21?,22-/m0/s1. The molecule has 0 spiro atoms. The molecule has 0 radical (unpaired) electrons. The minimum atomic E-state index is -4.52. The first-order chi connectivity index (χ1) is 15.6. The highest BCUT2D eigenvalue weighted by atomic mass is 19.4. The van der Waals surface area contributed by atoms with E-state index >= 15 is 0 Å². The first kappa shape index (κ1) is 24.0. The fourth-order valence-electron chi connectivity index (χ4n) is 6.20. The number of carbonyl (C=O) groups is 2. The summed E-state index contributed by atoms with van der Waals surface area (Å²) in [5.41, 5.74) is -0.950. The number of hydrogen-bond acceptors (Lipinski definition) is 3. The first-order valence-electron chi connectivity index (χ1n) is 12.1. The van der Waals surface area contributed by atoms with Gasteiger partial charge in [-0.2, -0.15) is 13.2 Å². The predicted octanol–water partition coefficient (Wildman–Crippen LogP) is 4.18. The number of nitrogens with one attached hydrogen (secondary N) is 1. The molecular weight excluding hydrogens is 431 g/mol. The van der Waals surface area contributed by atoms with E-state index in [-0.39, 0.29) is 17.5 Å². The lowest BCUT2D eigenvalue weighted by Gasteiger charge is -2.33. The number of halogens is 3. The predicted molar refractivity (Wildman–Crippen MR) is 120 cm³/mol. The van der Waals surface area contributed by atoms with Crippen LogP contribution in [-0.2, 0) is 11.0 Å². The van der Waals surface area contributed by atoms with Crippen molar-refractivity contribution in [2.24, 2.45) is 17.8 Å². The van der Waals surface area contributed by atoms with Crippen molar-refractivity contribution < 1.29 is 22.8 Å². The Hall–Kier alpha value is -2.09. The minimum absolute atomic E-state index is 0.0795. The molecular formula is C25H34F3N3O2. The second-order valence-electron chi connectivity index (χ2n) is 10.2. The normalized spacial score (nSPS) is 30.3. The largest absolute Gasteiger partial charge is 0.416 e. The number of likely N-dealkylation sites (tertiary alicyclic amines) is 2. The van der Waals surface area contributed by atoms with Crippen LogP contribution in [0.15, 0.2) is 24.3 Å². The molecule has 1 aromatic rings. The first-order valence-corrected chi connectivity index (χ1v) is 12.1. The Bertz CT molecular complexity index is 888. The molecule has 2 amide bonds. The Balaban J connectivity index is 1.42. The van der Waals surface area contributed by atoms with Crippen LogP contribution < -0.4 is 5.32 Å². The lowest BCUT2D eigenvalue weighted by Crippen LogP contribution is -2.47. The molecule has 8 heteroatoms. The summed E-state index contributed by atoms with van der Waals surface area (Å²) in [5, 5.41) is 2.69. The number of rotatable bonds is 6. The van der Waals surface area contributed by atoms with Crippen molar-refractivity contribution in [3.05, 3.63) is 35.4 Å². The highest BCUT2D eigenvalue weighted by molar-refractivity contribution is 5.98. The van der Waals surface area contributed by atoms with Crippen LogP contribution in [0.4, 0.5) is 13.2 Å². The van der Waals surface area contributed by atoms with Gasteiger partial charge in [0.2, 0.25) is 5.91 Å². The van der Waals surface area contributed by atoms with Crippen molar-refractivity contribution in [1.29, 1.82) is 0 Å². The molecule has 182 valence electrons. The number of fused-ring (bicyclic) bond motifs is 1. The van der Waals surface area contributed by atoms with Crippen molar-refractivity contribution in [3.8, 4) is 0 Å². The molecule has 5 nitrogen and oxygen atoms in total. The molecule has 4 rings (SSSR count). The maximum Gasteiger partial charge on any atom is 0.416 e. The zero-order valence-corrected chi connectivity index (χ0v) is 19.6. The van der Waals surface area contributed by atoms with E-state index in [1.54, 1.807) is 0 Å². The Morgan fingerprint density at radius 3 is 2.67 bits per heavy atom. The van der Waals surface area contributed by atoms with Gasteiger partial charge in [0.1, 0.15) is 6.04 Å². The molecule has 0 bridgehead atoms. The Morgan fingerprint density at radius 2 is 2.00 bits per heavy atom. The maximum absolute atomic E-state index is 13.2. The van der Waals surface area contributed by atoms with E-state index in [1.807, 2.05) is 4.90 Å². The third kappa shape index (κ3) is 4.77. The maximum atomic E-state index is 13.2. The monoisotopic (exact) mass is 465 g/mol. The second-order valence-corrected chi connectivity index (χ2v) is 10.2. The zero-order valence-electron chi connectivity index (χ0n) is 19.6. The van der Waals surface area contributed by atoms with Gasteiger partial charge in [0.15, 0.2) is 0 Å². The van der Waals surface area contributed by atoms with Gasteiger partial charge in [0, 0.05) is 37.3 Å². The number of carbonyl (C=O) groups excluding carboxylic acids is 2. The molecule has 1 unspecified atom stereocenters. The van der Waals surface area contributed by atoms with E-state index in [9.17, 15) is 22.8 Å². The van der Waals surface area contributed by atoms with E-state index < -0.39 is 23.7 Å². The smallest absolute Gasteiger partial charge is 0.340 e. The summed E-state index contributed by atoms with van der Waals surface area (Å²) in [6, 6.07) is 4.37. The Morgan fingerprint density at radius 1 is 1.24 bits per heavy atom. The topological polar surface area (TPSA) is 52.6 Å². The van der Waals surface area contributed by atoms with Gasteiger partial charge in [-0.1, -0.05) is 19.4 Å². The molecule has 3 fully saturated rings. The second kappa shape index (κ2) is 9.28. The van der Waals surface area contributed by atoms with Crippen LogP contribution in [0.25, 0.3) is 0 Å². The molecule has 2 saturated heterocycles. The quantitative estimate of drug-likeness (QED) is 0.686. The average molecular weight is 466 g/mol. The summed E-state index contributed by atoms with van der Waals surface area (Å²) in [6.45, 7) is 9.40.